The second kappa shape index (κ2) is 12.4. The van der Waals surface area contributed by atoms with E-state index in [1.807, 2.05) is 9.34 Å². The SMILES string of the molecule is CCN(CC)c1ccc(C=C2CCC(C(=O)NP(=O)(N3CCCC3)N3CCCC3)=C2N2CCOCC2)cc1. The molecule has 3 saturated heterocycles. The van der Waals surface area contributed by atoms with Crippen LogP contribution in [0.3, 0.4) is 0 Å². The highest BCUT2D eigenvalue weighted by Gasteiger charge is 2.43. The highest BCUT2D eigenvalue weighted by atomic mass is 31.2. The van der Waals surface area contributed by atoms with Crippen molar-refractivity contribution in [3.05, 3.63) is 46.7 Å². The second-order valence-electron chi connectivity index (χ2n) is 10.7. The number of carbonyl (C=O) groups is 1. The largest absolute Gasteiger partial charge is 0.378 e. The molecule has 3 heterocycles. The van der Waals surface area contributed by atoms with Crippen molar-refractivity contribution in [2.45, 2.75) is 52.4 Å². The maximum atomic E-state index is 14.4. The van der Waals surface area contributed by atoms with Crippen LogP contribution in [0, 0.1) is 0 Å². The van der Waals surface area contributed by atoms with Gasteiger partial charge in [-0.15, -0.1) is 0 Å². The van der Waals surface area contributed by atoms with E-state index in [9.17, 15) is 9.36 Å². The van der Waals surface area contributed by atoms with Crippen LogP contribution in [0.5, 0.6) is 0 Å². The third-order valence-electron chi connectivity index (χ3n) is 8.38. The molecule has 1 N–H and O–H groups in total. The van der Waals surface area contributed by atoms with Gasteiger partial charge in [0.05, 0.1) is 13.2 Å². The zero-order valence-corrected chi connectivity index (χ0v) is 24.1. The quantitative estimate of drug-likeness (QED) is 0.454. The van der Waals surface area contributed by atoms with Crippen molar-refractivity contribution in [2.75, 3.05) is 70.5 Å². The molecule has 0 saturated carbocycles. The summed E-state index contributed by atoms with van der Waals surface area (Å²) in [4.78, 5) is 18.6. The molecule has 1 aromatic carbocycles. The summed E-state index contributed by atoms with van der Waals surface area (Å²) in [5.41, 5.74) is 5.35. The van der Waals surface area contributed by atoms with Crippen LogP contribution in [0.2, 0.25) is 0 Å². The summed E-state index contributed by atoms with van der Waals surface area (Å²) in [6.07, 6.45) is 7.86. The zero-order chi connectivity index (χ0) is 26.5. The van der Waals surface area contributed by atoms with Crippen molar-refractivity contribution < 1.29 is 14.1 Å². The third kappa shape index (κ3) is 5.74. The Morgan fingerprint density at radius 3 is 2.05 bits per heavy atom. The molecular formula is C29H44N5O3P. The van der Waals surface area contributed by atoms with Gasteiger partial charge in [-0.25, -0.2) is 9.34 Å². The summed E-state index contributed by atoms with van der Waals surface area (Å²) in [7, 11) is -3.13. The standard InChI is InChI=1S/C29H44N5O3P/c1-3-31(4-2)26-12-9-24(10-13-26)23-25-11-14-27(28(25)32-19-21-37-22-20-32)29(35)30-38(36,33-15-5-6-16-33)34-17-7-8-18-34/h9-10,12-13,23H,3-8,11,14-22H2,1-2H3,(H,30,35,36). The Hall–Kier alpha value is -2.12. The number of carbonyl (C=O) groups excluding carboxylic acids is 1. The van der Waals surface area contributed by atoms with Gasteiger partial charge in [0, 0.05) is 69.3 Å². The molecule has 3 aliphatic heterocycles. The fourth-order valence-electron chi connectivity index (χ4n) is 6.27. The lowest BCUT2D eigenvalue weighted by molar-refractivity contribution is -0.116. The molecule has 0 spiro atoms. The minimum absolute atomic E-state index is 0.158. The molecular weight excluding hydrogens is 497 g/mol. The van der Waals surface area contributed by atoms with Crippen molar-refractivity contribution >= 4 is 25.3 Å². The first-order valence-electron chi connectivity index (χ1n) is 14.6. The number of morpholine rings is 1. The monoisotopic (exact) mass is 541 g/mol. The molecule has 0 aromatic heterocycles. The van der Waals surface area contributed by atoms with Crippen LogP contribution < -0.4 is 9.99 Å². The highest BCUT2D eigenvalue weighted by molar-refractivity contribution is 7.57. The van der Waals surface area contributed by atoms with E-state index >= 15 is 0 Å². The summed E-state index contributed by atoms with van der Waals surface area (Å²) in [6, 6.07) is 8.71. The lowest BCUT2D eigenvalue weighted by Gasteiger charge is -2.35. The fraction of sp³-hybridized carbons (Fsp3) is 0.621. The molecule has 0 radical (unpaired) electrons. The summed E-state index contributed by atoms with van der Waals surface area (Å²) < 4.78 is 24.2. The molecule has 0 unspecified atom stereocenters. The number of hydrogen-bond acceptors (Lipinski definition) is 5. The molecule has 5 rings (SSSR count). The number of rotatable bonds is 9. The Kier molecular flexibility index (Phi) is 8.94. The summed E-state index contributed by atoms with van der Waals surface area (Å²) in [6.45, 7) is 12.3. The third-order valence-corrected chi connectivity index (χ3v) is 11.2. The van der Waals surface area contributed by atoms with Gasteiger partial charge in [0.15, 0.2) is 0 Å². The summed E-state index contributed by atoms with van der Waals surface area (Å²) in [5, 5.41) is 3.13. The van der Waals surface area contributed by atoms with E-state index in [4.69, 9.17) is 4.74 Å². The van der Waals surface area contributed by atoms with E-state index in [2.05, 4.69) is 59.1 Å². The van der Waals surface area contributed by atoms with Crippen LogP contribution in [0.15, 0.2) is 41.1 Å². The maximum Gasteiger partial charge on any atom is 0.311 e. The van der Waals surface area contributed by atoms with Gasteiger partial charge < -0.3 is 14.5 Å². The fourth-order valence-corrected chi connectivity index (χ4v) is 8.96. The molecule has 1 amide bonds. The van der Waals surface area contributed by atoms with Crippen molar-refractivity contribution in [1.29, 1.82) is 0 Å². The van der Waals surface area contributed by atoms with E-state index in [0.29, 0.717) is 19.6 Å². The molecule has 3 fully saturated rings. The van der Waals surface area contributed by atoms with E-state index in [0.717, 1.165) is 101 Å². The van der Waals surface area contributed by atoms with Crippen molar-refractivity contribution in [2.24, 2.45) is 0 Å². The molecule has 1 aromatic rings. The number of amides is 1. The number of nitrogens with zero attached hydrogens (tertiary/aromatic N) is 4. The first-order chi connectivity index (χ1) is 18.5. The molecule has 9 heteroatoms. The van der Waals surface area contributed by atoms with Crippen LogP contribution in [0.25, 0.3) is 6.08 Å². The van der Waals surface area contributed by atoms with Crippen LogP contribution in [-0.4, -0.2) is 85.7 Å². The number of ether oxygens (including phenoxy) is 1. The van der Waals surface area contributed by atoms with Crippen molar-refractivity contribution in [3.8, 4) is 0 Å². The van der Waals surface area contributed by atoms with E-state index in [-0.39, 0.29) is 5.91 Å². The maximum absolute atomic E-state index is 14.4. The molecule has 0 atom stereocenters. The molecule has 208 valence electrons. The Morgan fingerprint density at radius 1 is 0.921 bits per heavy atom. The normalized spacial score (nSPS) is 22.6. The zero-order valence-electron chi connectivity index (χ0n) is 23.2. The van der Waals surface area contributed by atoms with E-state index in [1.54, 1.807) is 0 Å². The number of benzene rings is 1. The molecule has 38 heavy (non-hydrogen) atoms. The van der Waals surface area contributed by atoms with Gasteiger partial charge in [0.1, 0.15) is 0 Å². The minimum atomic E-state index is -3.13. The van der Waals surface area contributed by atoms with Gasteiger partial charge in [0.2, 0.25) is 0 Å². The topological polar surface area (TPSA) is 68.4 Å². The second-order valence-corrected chi connectivity index (χ2v) is 13.1. The minimum Gasteiger partial charge on any atom is -0.378 e. The smallest absolute Gasteiger partial charge is 0.311 e. The van der Waals surface area contributed by atoms with Gasteiger partial charge in [0.25, 0.3) is 5.91 Å². The van der Waals surface area contributed by atoms with Crippen LogP contribution >= 0.6 is 7.59 Å². The number of anilines is 1. The van der Waals surface area contributed by atoms with Crippen LogP contribution in [0.1, 0.15) is 57.9 Å². The van der Waals surface area contributed by atoms with Gasteiger partial charge in [-0.3, -0.25) is 14.4 Å². The van der Waals surface area contributed by atoms with E-state index in [1.165, 1.54) is 11.3 Å². The molecule has 8 nitrogen and oxygen atoms in total. The van der Waals surface area contributed by atoms with Gasteiger partial charge >= 0.3 is 7.59 Å². The summed E-state index contributed by atoms with van der Waals surface area (Å²) in [5.74, 6) is -0.158. The lowest BCUT2D eigenvalue weighted by atomic mass is 10.1. The van der Waals surface area contributed by atoms with Crippen molar-refractivity contribution in [3.63, 3.8) is 0 Å². The molecule has 1 aliphatic carbocycles. The first-order valence-corrected chi connectivity index (χ1v) is 16.2. The van der Waals surface area contributed by atoms with Gasteiger partial charge in [-0.2, -0.15) is 0 Å². The predicted molar refractivity (Wildman–Crippen MR) is 154 cm³/mol. The average Bonchev–Trinajstić information content (AvgIpc) is 3.74. The summed E-state index contributed by atoms with van der Waals surface area (Å²) >= 11 is 0. The van der Waals surface area contributed by atoms with Gasteiger partial charge in [-0.1, -0.05) is 12.1 Å². The predicted octanol–water partition coefficient (Wildman–Crippen LogP) is 4.71. The highest BCUT2D eigenvalue weighted by Crippen LogP contribution is 2.53. The number of hydrogen-bond donors (Lipinski definition) is 1. The Balaban J connectivity index is 1.44. The van der Waals surface area contributed by atoms with Crippen LogP contribution in [0.4, 0.5) is 5.69 Å². The molecule has 0 bridgehead atoms. The number of nitrogens with one attached hydrogen (secondary N) is 1. The Morgan fingerprint density at radius 2 is 1.50 bits per heavy atom. The Labute approximate surface area is 228 Å². The van der Waals surface area contributed by atoms with E-state index < -0.39 is 7.59 Å². The number of allylic oxidation sites excluding steroid dienone is 1. The Bertz CT molecular complexity index is 1060. The van der Waals surface area contributed by atoms with Crippen LogP contribution in [-0.2, 0) is 14.1 Å². The first kappa shape index (κ1) is 27.4. The van der Waals surface area contributed by atoms with Crippen molar-refractivity contribution in [1.82, 2.24) is 19.3 Å². The molecule has 4 aliphatic rings. The van der Waals surface area contributed by atoms with Gasteiger partial charge in [-0.05, 0) is 81.7 Å². The average molecular weight is 542 g/mol. The lowest BCUT2D eigenvalue weighted by Crippen LogP contribution is -2.40.